The van der Waals surface area contributed by atoms with E-state index in [1.807, 2.05) is 19.9 Å². The summed E-state index contributed by atoms with van der Waals surface area (Å²) in [6.07, 6.45) is 0.889. The summed E-state index contributed by atoms with van der Waals surface area (Å²) in [5.41, 5.74) is 3.95. The number of fused-ring (bicyclic) bond motifs is 1. The number of aryl methyl sites for hydroxylation is 3. The first-order valence-electron chi connectivity index (χ1n) is 4.65. The van der Waals surface area contributed by atoms with E-state index in [0.717, 1.165) is 29.0 Å². The quantitative estimate of drug-likeness (QED) is 0.676. The smallest absolute Gasteiger partial charge is 0.160 e. The van der Waals surface area contributed by atoms with Gasteiger partial charge in [0.1, 0.15) is 5.15 Å². The second kappa shape index (κ2) is 3.24. The van der Waals surface area contributed by atoms with Crippen molar-refractivity contribution in [2.75, 3.05) is 0 Å². The summed E-state index contributed by atoms with van der Waals surface area (Å²) in [6.45, 7) is 6.04. The molecule has 2 rings (SSSR count). The highest BCUT2D eigenvalue weighted by atomic mass is 35.5. The summed E-state index contributed by atoms with van der Waals surface area (Å²) in [6, 6.07) is 1.86. The Morgan fingerprint density at radius 1 is 1.43 bits per heavy atom. The minimum absolute atomic E-state index is 0.628. The van der Waals surface area contributed by atoms with Gasteiger partial charge in [-0.2, -0.15) is 5.10 Å². The van der Waals surface area contributed by atoms with Crippen molar-refractivity contribution in [1.29, 1.82) is 0 Å². The van der Waals surface area contributed by atoms with Crippen molar-refractivity contribution < 1.29 is 0 Å². The third-order valence-corrected chi connectivity index (χ3v) is 2.70. The van der Waals surface area contributed by atoms with Gasteiger partial charge in [0.15, 0.2) is 5.65 Å². The van der Waals surface area contributed by atoms with Crippen LogP contribution in [0.3, 0.4) is 0 Å². The Hall–Kier alpha value is -1.09. The van der Waals surface area contributed by atoms with Crippen molar-refractivity contribution in [3.05, 3.63) is 28.2 Å². The van der Waals surface area contributed by atoms with Crippen molar-refractivity contribution in [1.82, 2.24) is 14.6 Å². The largest absolute Gasteiger partial charge is 0.233 e. The molecule has 0 aliphatic rings. The summed E-state index contributed by atoms with van der Waals surface area (Å²) in [5.74, 6) is 0. The van der Waals surface area contributed by atoms with Gasteiger partial charge in [-0.1, -0.05) is 18.5 Å². The number of rotatable bonds is 1. The number of hydrogen-bond acceptors (Lipinski definition) is 2. The molecule has 0 atom stereocenters. The van der Waals surface area contributed by atoms with Crippen LogP contribution in [0.15, 0.2) is 6.07 Å². The molecule has 0 aliphatic carbocycles. The lowest BCUT2D eigenvalue weighted by Crippen LogP contribution is -1.96. The fourth-order valence-electron chi connectivity index (χ4n) is 1.42. The Morgan fingerprint density at radius 3 is 2.79 bits per heavy atom. The molecule has 0 bridgehead atoms. The highest BCUT2D eigenvalue weighted by Gasteiger charge is 2.09. The Bertz CT molecular complexity index is 488. The van der Waals surface area contributed by atoms with Gasteiger partial charge in [-0.15, -0.1) is 0 Å². The zero-order chi connectivity index (χ0) is 10.3. The molecule has 0 unspecified atom stereocenters. The van der Waals surface area contributed by atoms with Crippen molar-refractivity contribution in [2.45, 2.75) is 27.2 Å². The van der Waals surface area contributed by atoms with Gasteiger partial charge in [0.25, 0.3) is 0 Å². The lowest BCUT2D eigenvalue weighted by Gasteiger charge is -2.00. The average Bonchev–Trinajstić information content (AvgIpc) is 2.45. The van der Waals surface area contributed by atoms with Gasteiger partial charge in [0.2, 0.25) is 0 Å². The molecule has 3 nitrogen and oxygen atoms in total. The van der Waals surface area contributed by atoms with Gasteiger partial charge in [-0.25, -0.2) is 9.50 Å². The molecule has 2 aromatic heterocycles. The molecule has 0 fully saturated rings. The van der Waals surface area contributed by atoms with Gasteiger partial charge in [0.05, 0.1) is 5.69 Å². The molecule has 0 amide bonds. The third kappa shape index (κ3) is 1.28. The molecule has 0 aromatic carbocycles. The zero-order valence-corrected chi connectivity index (χ0v) is 9.26. The zero-order valence-electron chi connectivity index (χ0n) is 8.50. The average molecular weight is 210 g/mol. The van der Waals surface area contributed by atoms with Crippen LogP contribution in [0.2, 0.25) is 5.15 Å². The molecular formula is C10H12ClN3. The fraction of sp³-hybridized carbons (Fsp3) is 0.400. The Kier molecular flexibility index (Phi) is 2.19. The number of nitrogens with zero attached hydrogens (tertiary/aromatic N) is 3. The maximum Gasteiger partial charge on any atom is 0.160 e. The minimum atomic E-state index is 0.628. The molecule has 74 valence electrons. The van der Waals surface area contributed by atoms with Crippen LogP contribution >= 0.6 is 11.6 Å². The fourth-order valence-corrected chi connectivity index (χ4v) is 1.67. The maximum atomic E-state index is 6.09. The van der Waals surface area contributed by atoms with Gasteiger partial charge < -0.3 is 0 Å². The van der Waals surface area contributed by atoms with E-state index in [9.17, 15) is 0 Å². The molecule has 2 heterocycles. The summed E-state index contributed by atoms with van der Waals surface area (Å²) in [7, 11) is 0. The van der Waals surface area contributed by atoms with E-state index in [4.69, 9.17) is 11.6 Å². The minimum Gasteiger partial charge on any atom is -0.233 e. The van der Waals surface area contributed by atoms with Crippen molar-refractivity contribution >= 4 is 17.2 Å². The standard InChI is InChI=1S/C10H12ClN3/c1-4-8-5-9(11)14-10(12-8)6(2)7(3)13-14/h5H,4H2,1-3H3. The Balaban J connectivity index is 2.83. The van der Waals surface area contributed by atoms with E-state index in [0.29, 0.717) is 5.15 Å². The molecule has 0 saturated heterocycles. The van der Waals surface area contributed by atoms with Crippen LogP contribution in [0.4, 0.5) is 0 Å². The van der Waals surface area contributed by atoms with Gasteiger partial charge in [-0.3, -0.25) is 0 Å². The molecular weight excluding hydrogens is 198 g/mol. The van der Waals surface area contributed by atoms with Crippen molar-refractivity contribution in [3.8, 4) is 0 Å². The van der Waals surface area contributed by atoms with Crippen LogP contribution in [0.5, 0.6) is 0 Å². The molecule has 0 aliphatic heterocycles. The van der Waals surface area contributed by atoms with E-state index >= 15 is 0 Å². The second-order valence-electron chi connectivity index (χ2n) is 3.37. The van der Waals surface area contributed by atoms with Gasteiger partial charge >= 0.3 is 0 Å². The summed E-state index contributed by atoms with van der Waals surface area (Å²) in [5, 5.41) is 4.94. The normalized spacial score (nSPS) is 11.1. The van der Waals surface area contributed by atoms with Crippen molar-refractivity contribution in [3.63, 3.8) is 0 Å². The van der Waals surface area contributed by atoms with E-state index in [1.165, 1.54) is 0 Å². The molecule has 0 N–H and O–H groups in total. The van der Waals surface area contributed by atoms with Crippen LogP contribution < -0.4 is 0 Å². The number of hydrogen-bond donors (Lipinski definition) is 0. The number of halogens is 1. The maximum absolute atomic E-state index is 6.09. The monoisotopic (exact) mass is 209 g/mol. The highest BCUT2D eigenvalue weighted by molar-refractivity contribution is 6.29. The summed E-state index contributed by atoms with van der Waals surface area (Å²) >= 11 is 6.09. The molecule has 4 heteroatoms. The first-order chi connectivity index (χ1) is 6.63. The molecule has 0 saturated carbocycles. The third-order valence-electron chi connectivity index (χ3n) is 2.43. The first-order valence-corrected chi connectivity index (χ1v) is 5.02. The van der Waals surface area contributed by atoms with Crippen LogP contribution in [0.1, 0.15) is 23.9 Å². The molecule has 14 heavy (non-hydrogen) atoms. The number of aromatic nitrogens is 3. The van der Waals surface area contributed by atoms with E-state index in [1.54, 1.807) is 4.52 Å². The SMILES string of the molecule is CCc1cc(Cl)n2nc(C)c(C)c2n1. The Morgan fingerprint density at radius 2 is 2.14 bits per heavy atom. The predicted octanol–water partition coefficient (Wildman–Crippen LogP) is 2.56. The van der Waals surface area contributed by atoms with E-state index < -0.39 is 0 Å². The van der Waals surface area contributed by atoms with E-state index in [-0.39, 0.29) is 0 Å². The second-order valence-corrected chi connectivity index (χ2v) is 3.76. The van der Waals surface area contributed by atoms with Gasteiger partial charge in [0, 0.05) is 11.3 Å². The van der Waals surface area contributed by atoms with Crippen LogP contribution in [0, 0.1) is 13.8 Å². The summed E-state index contributed by atoms with van der Waals surface area (Å²) in [4.78, 5) is 4.49. The van der Waals surface area contributed by atoms with E-state index in [2.05, 4.69) is 17.0 Å². The highest BCUT2D eigenvalue weighted by Crippen LogP contribution is 2.18. The summed E-state index contributed by atoms with van der Waals surface area (Å²) < 4.78 is 1.69. The lowest BCUT2D eigenvalue weighted by atomic mass is 10.3. The molecule has 0 radical (unpaired) electrons. The van der Waals surface area contributed by atoms with Crippen LogP contribution in [-0.4, -0.2) is 14.6 Å². The Labute approximate surface area is 87.7 Å². The lowest BCUT2D eigenvalue weighted by molar-refractivity contribution is 0.897. The van der Waals surface area contributed by atoms with Gasteiger partial charge in [-0.05, 0) is 26.3 Å². The van der Waals surface area contributed by atoms with Crippen molar-refractivity contribution in [2.24, 2.45) is 0 Å². The van der Waals surface area contributed by atoms with Crippen LogP contribution in [0.25, 0.3) is 5.65 Å². The first kappa shape index (κ1) is 9.46. The topological polar surface area (TPSA) is 30.2 Å². The van der Waals surface area contributed by atoms with Crippen LogP contribution in [-0.2, 0) is 6.42 Å². The molecule has 2 aromatic rings. The predicted molar refractivity (Wildman–Crippen MR) is 56.8 cm³/mol. The molecule has 0 spiro atoms.